The highest BCUT2D eigenvalue weighted by molar-refractivity contribution is 5.92. The standard InChI is InChI=1S/C26H39N3O4/c1-17-11-13-19(14-12-17)22(23(30)28-20-9-7-6-8-10-20)29(21-15-16-21)24(31)18(2)27-25(32)33-26(3,4)5/h11-14,18,20-22H,6-10,15-16H2,1-5H3,(H,27,32)(H,28,30). The van der Waals surface area contributed by atoms with Crippen molar-refractivity contribution in [2.24, 2.45) is 0 Å². The van der Waals surface area contributed by atoms with Gasteiger partial charge in [0.1, 0.15) is 17.7 Å². The Morgan fingerprint density at radius 3 is 2.15 bits per heavy atom. The molecule has 7 nitrogen and oxygen atoms in total. The number of hydrogen-bond acceptors (Lipinski definition) is 4. The quantitative estimate of drug-likeness (QED) is 0.636. The predicted octanol–water partition coefficient (Wildman–Crippen LogP) is 4.39. The van der Waals surface area contributed by atoms with E-state index < -0.39 is 23.8 Å². The van der Waals surface area contributed by atoms with Gasteiger partial charge in [0.2, 0.25) is 11.8 Å². The second kappa shape index (κ2) is 10.6. The summed E-state index contributed by atoms with van der Waals surface area (Å²) in [6.07, 6.45) is 6.44. The van der Waals surface area contributed by atoms with Crippen molar-refractivity contribution in [3.63, 3.8) is 0 Å². The molecule has 1 aromatic carbocycles. The normalized spacial score (nSPS) is 18.7. The smallest absolute Gasteiger partial charge is 0.408 e. The molecule has 182 valence electrons. The number of aryl methyl sites for hydroxylation is 1. The van der Waals surface area contributed by atoms with Gasteiger partial charge in [0.15, 0.2) is 0 Å². The molecule has 7 heteroatoms. The van der Waals surface area contributed by atoms with E-state index in [1.54, 1.807) is 32.6 Å². The molecule has 3 amide bonds. The summed E-state index contributed by atoms with van der Waals surface area (Å²) in [6.45, 7) is 8.97. The van der Waals surface area contributed by atoms with Crippen LogP contribution in [-0.2, 0) is 14.3 Å². The maximum atomic E-state index is 13.6. The van der Waals surface area contributed by atoms with Gasteiger partial charge >= 0.3 is 6.09 Å². The number of nitrogens with one attached hydrogen (secondary N) is 2. The van der Waals surface area contributed by atoms with Crippen molar-refractivity contribution >= 4 is 17.9 Å². The second-order valence-corrected chi connectivity index (χ2v) is 10.5. The van der Waals surface area contributed by atoms with Gasteiger partial charge in [0.05, 0.1) is 0 Å². The fourth-order valence-electron chi connectivity index (χ4n) is 4.35. The zero-order chi connectivity index (χ0) is 24.2. The van der Waals surface area contributed by atoms with Crippen molar-refractivity contribution in [1.29, 1.82) is 0 Å². The van der Waals surface area contributed by atoms with E-state index in [-0.39, 0.29) is 23.9 Å². The third kappa shape index (κ3) is 7.21. The number of ether oxygens (including phenoxy) is 1. The third-order valence-corrected chi connectivity index (χ3v) is 6.17. The number of hydrogen-bond donors (Lipinski definition) is 2. The van der Waals surface area contributed by atoms with Crippen LogP contribution < -0.4 is 10.6 Å². The molecule has 0 bridgehead atoms. The molecule has 0 radical (unpaired) electrons. The van der Waals surface area contributed by atoms with Gasteiger partial charge in [-0.1, -0.05) is 49.1 Å². The Balaban J connectivity index is 1.83. The van der Waals surface area contributed by atoms with E-state index >= 15 is 0 Å². The highest BCUT2D eigenvalue weighted by Gasteiger charge is 2.43. The summed E-state index contributed by atoms with van der Waals surface area (Å²) in [5, 5.41) is 5.87. The summed E-state index contributed by atoms with van der Waals surface area (Å²) in [5.41, 5.74) is 1.22. The molecule has 2 unspecified atom stereocenters. The van der Waals surface area contributed by atoms with E-state index in [4.69, 9.17) is 4.74 Å². The third-order valence-electron chi connectivity index (χ3n) is 6.17. The molecule has 2 aliphatic carbocycles. The molecule has 3 rings (SSSR count). The van der Waals surface area contributed by atoms with Gasteiger partial charge in [-0.2, -0.15) is 0 Å². The Bertz CT molecular complexity index is 836. The van der Waals surface area contributed by atoms with Gasteiger partial charge in [0.25, 0.3) is 0 Å². The summed E-state index contributed by atoms with van der Waals surface area (Å²) < 4.78 is 5.32. The summed E-state index contributed by atoms with van der Waals surface area (Å²) in [5.74, 6) is -0.414. The molecular weight excluding hydrogens is 418 g/mol. The SMILES string of the molecule is Cc1ccc(C(C(=O)NC2CCCCC2)N(C(=O)C(C)NC(=O)OC(C)(C)C)C2CC2)cc1. The lowest BCUT2D eigenvalue weighted by molar-refractivity contribution is -0.143. The average Bonchev–Trinajstić information content (AvgIpc) is 3.56. The van der Waals surface area contributed by atoms with Crippen LogP contribution in [0.4, 0.5) is 4.79 Å². The Hall–Kier alpha value is -2.57. The number of alkyl carbamates (subject to hydrolysis) is 1. The fraction of sp³-hybridized carbons (Fsp3) is 0.654. The van der Waals surface area contributed by atoms with Gasteiger partial charge in [-0.25, -0.2) is 4.79 Å². The second-order valence-electron chi connectivity index (χ2n) is 10.5. The van der Waals surface area contributed by atoms with Crippen LogP contribution in [-0.4, -0.2) is 46.5 Å². The lowest BCUT2D eigenvalue weighted by Crippen LogP contribution is -2.53. The first-order valence-electron chi connectivity index (χ1n) is 12.2. The molecule has 2 aliphatic rings. The van der Waals surface area contributed by atoms with Crippen LogP contribution in [0, 0.1) is 6.92 Å². The van der Waals surface area contributed by atoms with Gasteiger partial charge in [-0.05, 0) is 65.9 Å². The Morgan fingerprint density at radius 1 is 1.00 bits per heavy atom. The molecule has 33 heavy (non-hydrogen) atoms. The highest BCUT2D eigenvalue weighted by atomic mass is 16.6. The summed E-state index contributed by atoms with van der Waals surface area (Å²) in [4.78, 5) is 41.1. The Labute approximate surface area is 197 Å². The zero-order valence-electron chi connectivity index (χ0n) is 20.6. The largest absolute Gasteiger partial charge is 0.444 e. The Morgan fingerprint density at radius 2 is 1.61 bits per heavy atom. The van der Waals surface area contributed by atoms with Crippen LogP contribution in [0.15, 0.2) is 24.3 Å². The Kier molecular flexibility index (Phi) is 8.03. The van der Waals surface area contributed by atoms with Crippen LogP contribution in [0.1, 0.15) is 89.8 Å². The first-order valence-corrected chi connectivity index (χ1v) is 12.2. The molecule has 0 aromatic heterocycles. The molecule has 0 aliphatic heterocycles. The first kappa shape index (κ1) is 25.1. The maximum absolute atomic E-state index is 13.6. The van der Waals surface area contributed by atoms with Crippen LogP contribution in [0.2, 0.25) is 0 Å². The molecule has 1 aromatic rings. The lowest BCUT2D eigenvalue weighted by atomic mass is 9.94. The number of nitrogens with zero attached hydrogens (tertiary/aromatic N) is 1. The van der Waals surface area contributed by atoms with E-state index in [0.29, 0.717) is 0 Å². The zero-order valence-corrected chi connectivity index (χ0v) is 20.6. The predicted molar refractivity (Wildman–Crippen MR) is 128 cm³/mol. The minimum absolute atomic E-state index is 0.0104. The van der Waals surface area contributed by atoms with E-state index in [2.05, 4.69) is 10.6 Å². The number of rotatable bonds is 7. The van der Waals surface area contributed by atoms with Crippen molar-refractivity contribution < 1.29 is 19.1 Å². The highest BCUT2D eigenvalue weighted by Crippen LogP contribution is 2.36. The molecule has 2 N–H and O–H groups in total. The van der Waals surface area contributed by atoms with Crippen LogP contribution in [0.5, 0.6) is 0 Å². The van der Waals surface area contributed by atoms with Crippen molar-refractivity contribution in [2.75, 3.05) is 0 Å². The van der Waals surface area contributed by atoms with Crippen molar-refractivity contribution in [3.8, 4) is 0 Å². The van der Waals surface area contributed by atoms with Gasteiger partial charge in [0, 0.05) is 12.1 Å². The number of carbonyl (C=O) groups is 3. The minimum Gasteiger partial charge on any atom is -0.444 e. The number of benzene rings is 1. The molecule has 2 fully saturated rings. The molecule has 0 heterocycles. The molecule has 2 atom stereocenters. The van der Waals surface area contributed by atoms with Gasteiger partial charge < -0.3 is 20.3 Å². The van der Waals surface area contributed by atoms with Gasteiger partial charge in [-0.3, -0.25) is 9.59 Å². The van der Waals surface area contributed by atoms with E-state index in [1.807, 2.05) is 31.2 Å². The van der Waals surface area contributed by atoms with Crippen LogP contribution >= 0.6 is 0 Å². The molecular formula is C26H39N3O4. The fourth-order valence-corrected chi connectivity index (χ4v) is 4.35. The van der Waals surface area contributed by atoms with Crippen LogP contribution in [0.25, 0.3) is 0 Å². The number of carbonyl (C=O) groups excluding carboxylic acids is 3. The number of amides is 3. The molecule has 2 saturated carbocycles. The first-order chi connectivity index (χ1) is 15.5. The van der Waals surface area contributed by atoms with Gasteiger partial charge in [-0.15, -0.1) is 0 Å². The molecule has 0 saturated heterocycles. The van der Waals surface area contributed by atoms with E-state index in [1.165, 1.54) is 6.42 Å². The average molecular weight is 458 g/mol. The van der Waals surface area contributed by atoms with Crippen molar-refractivity contribution in [2.45, 2.75) is 109 Å². The van der Waals surface area contributed by atoms with Crippen LogP contribution in [0.3, 0.4) is 0 Å². The monoisotopic (exact) mass is 457 g/mol. The maximum Gasteiger partial charge on any atom is 0.408 e. The summed E-state index contributed by atoms with van der Waals surface area (Å²) >= 11 is 0. The summed E-state index contributed by atoms with van der Waals surface area (Å²) in [7, 11) is 0. The van der Waals surface area contributed by atoms with E-state index in [0.717, 1.165) is 49.7 Å². The van der Waals surface area contributed by atoms with Crippen molar-refractivity contribution in [3.05, 3.63) is 35.4 Å². The molecule has 0 spiro atoms. The lowest BCUT2D eigenvalue weighted by Gasteiger charge is -2.35. The van der Waals surface area contributed by atoms with Crippen molar-refractivity contribution in [1.82, 2.24) is 15.5 Å². The summed E-state index contributed by atoms with van der Waals surface area (Å²) in [6, 6.07) is 6.38. The topological polar surface area (TPSA) is 87.7 Å². The minimum atomic E-state index is -0.809. The van der Waals surface area contributed by atoms with E-state index in [9.17, 15) is 14.4 Å².